The second-order valence-corrected chi connectivity index (χ2v) is 10.5. The predicted molar refractivity (Wildman–Crippen MR) is 248 cm³/mol. The minimum atomic E-state index is -0.269. The Morgan fingerprint density at radius 3 is 0.630 bits per heavy atom. The zero-order valence-corrected chi connectivity index (χ0v) is 45.0. The molecule has 0 fully saturated rings. The van der Waals surface area contributed by atoms with Gasteiger partial charge in [0, 0.05) is 79.5 Å². The molecule has 430 valence electrons. The second kappa shape index (κ2) is 73.9. The summed E-state index contributed by atoms with van der Waals surface area (Å²) >= 11 is 0. The van der Waals surface area contributed by atoms with Gasteiger partial charge in [0.2, 0.25) is 0 Å². The van der Waals surface area contributed by atoms with E-state index in [9.17, 15) is 40.9 Å². The molecule has 0 saturated heterocycles. The summed E-state index contributed by atoms with van der Waals surface area (Å²) in [5.41, 5.74) is 1.77. The van der Waals surface area contributed by atoms with Crippen molar-refractivity contribution in [3.8, 4) is 46.0 Å². The van der Waals surface area contributed by atoms with Crippen molar-refractivity contribution in [3.63, 3.8) is 0 Å². The number of hydrogen-bond donors (Lipinski definition) is 6. The Balaban J connectivity index is -0.0000000622. The number of para-hydroxylation sites is 4. The predicted octanol–water partition coefficient (Wildman–Crippen LogP) is -5.84. The van der Waals surface area contributed by atoms with Crippen LogP contribution in [0.25, 0.3) is 0 Å². The topological polar surface area (TPSA) is 487 Å². The maximum absolute atomic E-state index is 11.5. The van der Waals surface area contributed by atoms with Crippen LogP contribution in [-0.4, -0.2) is 182 Å². The van der Waals surface area contributed by atoms with Gasteiger partial charge in [-0.2, -0.15) is 0 Å². The SMILES string of the molecule is CO.CO.CO.CO.COc1cccc(C=NCC[O-])c1[O-].COc1cccc(C=NCC[O-])c1[O-].COc1cccc(C=NCC[O-])c1[O-].COc1cccc(C=NCC[O-])c1[O-].O.O.O.OO.[Ni+2].[Ni+2].[Ni+2].[Ni+2]. The first-order valence-electron chi connectivity index (χ1n) is 18.8. The van der Waals surface area contributed by atoms with Crippen molar-refractivity contribution in [3.05, 3.63) is 95.1 Å². The summed E-state index contributed by atoms with van der Waals surface area (Å²) in [4.78, 5) is 15.2. The number of aliphatic imine (C=N–C) groups is 4. The van der Waals surface area contributed by atoms with Gasteiger partial charge in [-0.3, -0.25) is 30.5 Å². The molecule has 4 aromatic carbocycles. The zero-order valence-electron chi connectivity index (χ0n) is 41.0. The van der Waals surface area contributed by atoms with Crippen LogP contribution in [0.3, 0.4) is 0 Å². The fraction of sp³-hybridized carbons (Fsp3) is 0.364. The standard InChI is InChI=1S/4C10H12NO3.4CH4O.4Ni.H2O2.3H2O/c4*1-14-9-4-2-3-8(10(9)13)7-11-5-6-12;4*1-2;;;;;1-2;;;/h4*2-4,7,13H,5-6H2,1H3;4*2H,1H3;;;;;1-2H;3*1H2/q4*-1;;;;;4*+2;;;;/p-4. The van der Waals surface area contributed by atoms with Gasteiger partial charge in [-0.05, 0) is 46.5 Å². The molecular weight excluding hydrogens is 1160 g/mol. The Bertz CT molecular complexity index is 1600. The molecule has 0 amide bonds. The maximum atomic E-state index is 11.5. The number of aliphatic hydroxyl groups excluding tert-OH is 4. The number of nitrogens with zero attached hydrogens (tertiary/aromatic N) is 4. The molecule has 0 bridgehead atoms. The number of benzene rings is 4. The number of hydrogen-bond acceptors (Lipinski definition) is 22. The molecule has 0 radical (unpaired) electrons. The van der Waals surface area contributed by atoms with Crippen molar-refractivity contribution < 1.29 is 173 Å². The monoisotopic (exact) mass is 1220 g/mol. The fourth-order valence-corrected chi connectivity index (χ4v) is 4.04. The number of methoxy groups -OCH3 is 4. The third-order valence-electron chi connectivity index (χ3n) is 6.72. The van der Waals surface area contributed by atoms with E-state index in [2.05, 4.69) is 20.0 Å². The van der Waals surface area contributed by atoms with Crippen molar-refractivity contribution in [2.24, 2.45) is 20.0 Å². The van der Waals surface area contributed by atoms with Crippen molar-refractivity contribution in [1.82, 2.24) is 0 Å². The summed E-state index contributed by atoms with van der Waals surface area (Å²) in [7, 11) is 9.76. The Morgan fingerprint density at radius 2 is 0.507 bits per heavy atom. The Kier molecular flexibility index (Phi) is 99.0. The van der Waals surface area contributed by atoms with E-state index in [1.165, 1.54) is 53.3 Å². The Morgan fingerprint density at radius 1 is 0.356 bits per heavy atom. The van der Waals surface area contributed by atoms with Crippen molar-refractivity contribution >= 4 is 24.9 Å². The van der Waals surface area contributed by atoms with E-state index in [-0.39, 0.29) is 181 Å². The van der Waals surface area contributed by atoms with Crippen LogP contribution in [0, 0.1) is 0 Å². The Labute approximate surface area is 466 Å². The molecule has 12 N–H and O–H groups in total. The molecule has 0 aromatic heterocycles. The third-order valence-corrected chi connectivity index (χ3v) is 6.72. The molecule has 0 aliphatic rings. The van der Waals surface area contributed by atoms with Crippen molar-refractivity contribution in [1.29, 1.82) is 0 Å². The minimum absolute atomic E-state index is 0. The van der Waals surface area contributed by atoms with Crippen molar-refractivity contribution in [2.45, 2.75) is 0 Å². The van der Waals surface area contributed by atoms with Crippen LogP contribution in [-0.2, 0) is 66.0 Å². The largest absolute Gasteiger partial charge is 2.00 e. The molecule has 0 aliphatic heterocycles. The van der Waals surface area contributed by atoms with Gasteiger partial charge in [0.05, 0.1) is 28.4 Å². The van der Waals surface area contributed by atoms with Gasteiger partial charge in [0.25, 0.3) is 0 Å². The van der Waals surface area contributed by atoms with E-state index in [4.69, 9.17) is 49.9 Å². The first kappa shape index (κ1) is 97.7. The molecule has 0 spiro atoms. The Hall–Kier alpha value is -4.59. The average molecular weight is 1220 g/mol. The van der Waals surface area contributed by atoms with Gasteiger partial charge >= 0.3 is 66.0 Å². The van der Waals surface area contributed by atoms with Crippen LogP contribution in [0.5, 0.6) is 46.0 Å². The van der Waals surface area contributed by atoms with Crippen molar-refractivity contribution in [2.75, 3.05) is 109 Å². The first-order chi connectivity index (χ1) is 32.2. The third kappa shape index (κ3) is 45.7. The summed E-state index contributed by atoms with van der Waals surface area (Å²) in [6, 6.07) is 19.7. The van der Waals surface area contributed by atoms with E-state index in [0.717, 1.165) is 28.4 Å². The molecule has 29 heteroatoms. The molecular formula is C44H68N4Ni4O21. The summed E-state index contributed by atoms with van der Waals surface area (Å²) in [6.07, 6.45) is 5.62. The van der Waals surface area contributed by atoms with Crippen LogP contribution in [0.2, 0.25) is 0 Å². The maximum Gasteiger partial charge on any atom is 2.00 e. The van der Waals surface area contributed by atoms with E-state index in [1.807, 2.05) is 0 Å². The molecule has 0 saturated carbocycles. The molecule has 0 atom stereocenters. The van der Waals surface area contributed by atoms with E-state index < -0.39 is 0 Å². The van der Waals surface area contributed by atoms with Gasteiger partial charge in [-0.1, -0.05) is 71.5 Å². The van der Waals surface area contributed by atoms with Gasteiger partial charge in [0.1, 0.15) is 23.0 Å². The normalized spacial score (nSPS) is 8.63. The summed E-state index contributed by atoms with van der Waals surface area (Å²) < 4.78 is 19.4. The second-order valence-electron chi connectivity index (χ2n) is 10.5. The first-order valence-corrected chi connectivity index (χ1v) is 18.8. The molecule has 0 aliphatic carbocycles. The number of aliphatic hydroxyl groups is 4. The molecule has 4 rings (SSSR count). The van der Waals surface area contributed by atoms with Crippen LogP contribution in [0.4, 0.5) is 0 Å². The van der Waals surface area contributed by atoms with E-state index >= 15 is 0 Å². The summed E-state index contributed by atoms with van der Waals surface area (Å²) in [6.45, 7) is -0.312. The van der Waals surface area contributed by atoms with Crippen LogP contribution in [0.15, 0.2) is 92.8 Å². The van der Waals surface area contributed by atoms with Gasteiger partial charge in [-0.25, -0.2) is 0 Å². The van der Waals surface area contributed by atoms with Gasteiger partial charge < -0.3 is 96.7 Å². The van der Waals surface area contributed by atoms with Crippen LogP contribution < -0.4 is 59.8 Å². The van der Waals surface area contributed by atoms with Crippen LogP contribution >= 0.6 is 0 Å². The van der Waals surface area contributed by atoms with E-state index in [0.29, 0.717) is 22.3 Å². The molecule has 0 unspecified atom stereocenters. The number of ether oxygens (including phenoxy) is 4. The van der Waals surface area contributed by atoms with Crippen LogP contribution in [0.1, 0.15) is 22.3 Å². The van der Waals surface area contributed by atoms with Gasteiger partial charge in [0.15, 0.2) is 0 Å². The zero-order chi connectivity index (χ0) is 51.6. The fourth-order valence-electron chi connectivity index (χ4n) is 4.04. The minimum Gasteiger partial charge on any atom is -0.870 e. The smallest absolute Gasteiger partial charge is 0.870 e. The molecule has 73 heavy (non-hydrogen) atoms. The van der Waals surface area contributed by atoms with E-state index in [1.54, 1.807) is 72.8 Å². The molecule has 25 nitrogen and oxygen atoms in total. The average Bonchev–Trinajstić information content (AvgIpc) is 3.37. The number of rotatable bonds is 16. The summed E-state index contributed by atoms with van der Waals surface area (Å²) in [5, 5.41) is 126. The van der Waals surface area contributed by atoms with Gasteiger partial charge in [-0.15, -0.1) is 26.4 Å². The summed E-state index contributed by atoms with van der Waals surface area (Å²) in [5.74, 6) is 0.336. The molecule has 0 heterocycles. The quantitative estimate of drug-likeness (QED) is 0.0263. The molecule has 4 aromatic rings.